The maximum absolute atomic E-state index is 5.42. The molecule has 0 atom stereocenters. The Bertz CT molecular complexity index is 210. The Morgan fingerprint density at radius 2 is 1.06 bits per heavy atom. The van der Waals surface area contributed by atoms with Crippen molar-refractivity contribution in [3.63, 3.8) is 0 Å². The van der Waals surface area contributed by atoms with Gasteiger partial charge in [0, 0.05) is 12.8 Å². The van der Waals surface area contributed by atoms with Gasteiger partial charge in [-0.05, 0) is 0 Å². The van der Waals surface area contributed by atoms with E-state index in [1.54, 1.807) is 0 Å². The fourth-order valence-corrected chi connectivity index (χ4v) is 0.875. The summed E-state index contributed by atoms with van der Waals surface area (Å²) in [7, 11) is 25.0. The van der Waals surface area contributed by atoms with E-state index < -0.39 is 9.14 Å². The van der Waals surface area contributed by atoms with Crippen LogP contribution in [0.2, 0.25) is 0 Å². The van der Waals surface area contributed by atoms with Crippen LogP contribution in [0.15, 0.2) is 0 Å². The molecule has 0 saturated heterocycles. The first kappa shape index (κ1) is 21.5. The van der Waals surface area contributed by atoms with Gasteiger partial charge in [-0.3, -0.25) is 0 Å². The molecule has 0 radical (unpaired) electrons. The summed E-state index contributed by atoms with van der Waals surface area (Å²) in [6.07, 6.45) is 5.12. The molecule has 17 heavy (non-hydrogen) atoms. The van der Waals surface area contributed by atoms with Crippen molar-refractivity contribution in [3.05, 3.63) is 0 Å². The van der Waals surface area contributed by atoms with Gasteiger partial charge in [-0.15, -0.1) is 0 Å². The van der Waals surface area contributed by atoms with E-state index in [0.29, 0.717) is 0 Å². The standard InChI is InChI=1S/C9H20N.6ClH.Sb/c1-4-6-8-10(3)9-7-5-2;;;;;;;/h3-9H2,1-2H3;6*1H;/q+1;;;;;;;+5/p-6. The van der Waals surface area contributed by atoms with E-state index in [4.69, 9.17) is 53.0 Å². The molecule has 0 amide bonds. The summed E-state index contributed by atoms with van der Waals surface area (Å²) in [6, 6.07) is 0. The monoisotopic (exact) mass is 473 g/mol. The minimum absolute atomic E-state index is 1.16. The topological polar surface area (TPSA) is 3.01 Å². The summed E-state index contributed by atoms with van der Waals surface area (Å²) >= 11 is 0. The number of hydrogen-bond donors (Lipinski definition) is 0. The second-order valence-electron chi connectivity index (χ2n) is 3.78. The van der Waals surface area contributed by atoms with Crippen LogP contribution in [-0.2, 0) is 0 Å². The fourth-order valence-electron chi connectivity index (χ4n) is 0.875. The minimum atomic E-state index is -5.42. The van der Waals surface area contributed by atoms with Crippen LogP contribution >= 0.6 is 53.0 Å². The normalized spacial score (nSPS) is 15.3. The molecule has 0 spiro atoms. The molecule has 1 nitrogen and oxygen atoms in total. The van der Waals surface area contributed by atoms with Crippen molar-refractivity contribution < 1.29 is 4.58 Å². The van der Waals surface area contributed by atoms with Gasteiger partial charge in [-0.1, -0.05) is 26.7 Å². The molecule has 0 unspecified atom stereocenters. The number of rotatable bonds is 6. The van der Waals surface area contributed by atoms with Crippen molar-refractivity contribution in [1.82, 2.24) is 0 Å². The van der Waals surface area contributed by atoms with E-state index in [9.17, 15) is 0 Å². The SMILES string of the molecule is C=[N+](CCCC)CCCC.[Cl][Sb-]([Cl])([Cl])([Cl])([Cl])[Cl]. The number of unbranched alkanes of at least 4 members (excludes halogenated alkanes) is 2. The third kappa shape index (κ3) is 45.9. The molecule has 0 bridgehead atoms. The molecule has 0 rings (SSSR count). The molecule has 0 aliphatic rings. The van der Waals surface area contributed by atoms with E-state index in [-0.39, 0.29) is 0 Å². The first-order valence-corrected chi connectivity index (χ1v) is 24.8. The first-order valence-electron chi connectivity index (χ1n) is 5.38. The Morgan fingerprint density at radius 1 is 0.824 bits per heavy atom. The molecule has 0 aromatic carbocycles. The van der Waals surface area contributed by atoms with Crippen LogP contribution in [0.1, 0.15) is 39.5 Å². The number of hydrogen-bond acceptors (Lipinski definition) is 0. The predicted octanol–water partition coefficient (Wildman–Crippen LogP) is 6.06. The molecule has 0 saturated carbocycles. The molecule has 0 N–H and O–H groups in total. The Morgan fingerprint density at radius 3 is 1.24 bits per heavy atom. The third-order valence-electron chi connectivity index (χ3n) is 1.66. The van der Waals surface area contributed by atoms with Crippen LogP contribution < -0.4 is 0 Å². The van der Waals surface area contributed by atoms with Crippen LogP contribution in [0.5, 0.6) is 0 Å². The molecular weight excluding hydrogens is 457 g/mol. The van der Waals surface area contributed by atoms with Crippen molar-refractivity contribution in [2.24, 2.45) is 0 Å². The molecule has 0 aliphatic carbocycles. The van der Waals surface area contributed by atoms with E-state index in [1.165, 1.54) is 25.7 Å². The van der Waals surface area contributed by atoms with Gasteiger partial charge in [-0.25, -0.2) is 4.58 Å². The van der Waals surface area contributed by atoms with Crippen molar-refractivity contribution in [2.75, 3.05) is 13.1 Å². The van der Waals surface area contributed by atoms with Gasteiger partial charge in [0.1, 0.15) is 19.8 Å². The predicted molar refractivity (Wildman–Crippen MR) is 87.8 cm³/mol. The van der Waals surface area contributed by atoms with Gasteiger partial charge in [0.05, 0.1) is 0 Å². The zero-order chi connectivity index (χ0) is 14.2. The van der Waals surface area contributed by atoms with Crippen molar-refractivity contribution in [1.29, 1.82) is 0 Å². The first-order chi connectivity index (χ1) is 7.26. The third-order valence-corrected chi connectivity index (χ3v) is 1.66. The maximum atomic E-state index is 5.06. The van der Waals surface area contributed by atoms with Crippen LogP contribution in [0.3, 0.4) is 0 Å². The summed E-state index contributed by atoms with van der Waals surface area (Å²) in [6.45, 7) is 10.7. The second kappa shape index (κ2) is 7.86. The van der Waals surface area contributed by atoms with Crippen molar-refractivity contribution in [3.8, 4) is 0 Å². The summed E-state index contributed by atoms with van der Waals surface area (Å²) in [5.74, 6) is 0. The second-order valence-corrected chi connectivity index (χ2v) is 60.7. The Balaban J connectivity index is 0. The van der Waals surface area contributed by atoms with Gasteiger partial charge >= 0.3 is 62.1 Å². The average molecular weight is 477 g/mol. The van der Waals surface area contributed by atoms with Crippen molar-refractivity contribution in [2.45, 2.75) is 39.5 Å². The quantitative estimate of drug-likeness (QED) is 0.249. The molecular formula is C9H20Cl6NSb. The summed E-state index contributed by atoms with van der Waals surface area (Å²) in [5.41, 5.74) is 0. The zero-order valence-corrected chi connectivity index (χ0v) is 17.2. The van der Waals surface area contributed by atoms with E-state index in [2.05, 4.69) is 25.1 Å². The number of nitrogens with zero attached hydrogens (tertiary/aromatic N) is 1. The Hall–Kier alpha value is 2.23. The average Bonchev–Trinajstić information content (AvgIpc) is 2.06. The molecule has 0 aromatic rings. The van der Waals surface area contributed by atoms with Gasteiger partial charge < -0.3 is 0 Å². The summed E-state index contributed by atoms with van der Waals surface area (Å²) < 4.78 is 2.17. The zero-order valence-electron chi connectivity index (χ0n) is 10.1. The molecule has 0 aromatic heterocycles. The number of halogens is 6. The Kier molecular flexibility index (Phi) is 9.96. The molecule has 0 aliphatic heterocycles. The summed E-state index contributed by atoms with van der Waals surface area (Å²) in [5, 5.41) is 0. The molecule has 108 valence electrons. The molecule has 0 heterocycles. The van der Waals surface area contributed by atoms with Gasteiger partial charge in [0.15, 0.2) is 0 Å². The van der Waals surface area contributed by atoms with Crippen LogP contribution in [-0.4, -0.2) is 33.5 Å². The fraction of sp³-hybridized carbons (Fsp3) is 0.889. The van der Waals surface area contributed by atoms with Crippen LogP contribution in [0.4, 0.5) is 0 Å². The van der Waals surface area contributed by atoms with Crippen molar-refractivity contribution >= 4 is 68.8 Å². The molecule has 0 fully saturated rings. The van der Waals surface area contributed by atoms with Gasteiger partial charge in [-0.2, -0.15) is 0 Å². The Labute approximate surface area is 124 Å². The van der Waals surface area contributed by atoms with Crippen LogP contribution in [0, 0.1) is 0 Å². The molecule has 8 heteroatoms. The van der Waals surface area contributed by atoms with E-state index in [1.807, 2.05) is 0 Å². The van der Waals surface area contributed by atoms with E-state index in [0.717, 1.165) is 13.1 Å². The van der Waals surface area contributed by atoms with Gasteiger partial charge in [0.2, 0.25) is 0 Å². The van der Waals surface area contributed by atoms with E-state index >= 15 is 0 Å². The van der Waals surface area contributed by atoms with Gasteiger partial charge in [0.25, 0.3) is 0 Å². The summed E-state index contributed by atoms with van der Waals surface area (Å²) in [4.78, 5) is 0. The van der Waals surface area contributed by atoms with Crippen LogP contribution in [0.25, 0.3) is 0 Å².